The van der Waals surface area contributed by atoms with Crippen LogP contribution < -0.4 is 10.1 Å². The summed E-state index contributed by atoms with van der Waals surface area (Å²) in [7, 11) is 0. The Balaban J connectivity index is 2.59. The lowest BCUT2D eigenvalue weighted by Gasteiger charge is -2.11. The number of ether oxygens (including phenoxy) is 2. The van der Waals surface area contributed by atoms with E-state index in [1.54, 1.807) is 0 Å². The minimum Gasteiger partial charge on any atom is -0.466 e. The van der Waals surface area contributed by atoms with E-state index in [2.05, 4.69) is 17.2 Å². The molecule has 4 heteroatoms. The quantitative estimate of drug-likeness (QED) is 0.557. The van der Waals surface area contributed by atoms with E-state index in [4.69, 9.17) is 9.47 Å². The summed E-state index contributed by atoms with van der Waals surface area (Å²) in [6.07, 6.45) is 1.11. The normalized spacial score (nSPS) is 10.5. The van der Waals surface area contributed by atoms with Gasteiger partial charge in [0.1, 0.15) is 5.75 Å². The molecule has 0 saturated heterocycles. The van der Waals surface area contributed by atoms with E-state index in [1.165, 1.54) is 0 Å². The van der Waals surface area contributed by atoms with Crippen LogP contribution in [-0.4, -0.2) is 24.9 Å². The third kappa shape index (κ3) is 5.15. The first-order valence-electron chi connectivity index (χ1n) is 6.15. The number of aromatic nitrogens is 1. The highest BCUT2D eigenvalue weighted by Gasteiger charge is 2.05. The van der Waals surface area contributed by atoms with E-state index < -0.39 is 0 Å². The van der Waals surface area contributed by atoms with Crippen molar-refractivity contribution in [1.29, 1.82) is 0 Å². The van der Waals surface area contributed by atoms with Crippen LogP contribution >= 0.6 is 0 Å². The monoisotopic (exact) mass is 238 g/mol. The van der Waals surface area contributed by atoms with Crippen LogP contribution in [0.25, 0.3) is 0 Å². The van der Waals surface area contributed by atoms with Crippen molar-refractivity contribution in [3.63, 3.8) is 0 Å². The molecule has 0 spiro atoms. The van der Waals surface area contributed by atoms with E-state index in [9.17, 15) is 0 Å². The first-order chi connectivity index (χ1) is 8.27. The lowest BCUT2D eigenvalue weighted by molar-refractivity contribution is 0.0215. The van der Waals surface area contributed by atoms with Crippen LogP contribution in [0.15, 0.2) is 12.1 Å². The van der Waals surface area contributed by atoms with Gasteiger partial charge in [-0.3, -0.25) is 4.98 Å². The zero-order valence-electron chi connectivity index (χ0n) is 11.0. The average molecular weight is 238 g/mol. The molecule has 0 amide bonds. The van der Waals surface area contributed by atoms with Gasteiger partial charge >= 0.3 is 0 Å². The molecule has 0 fully saturated rings. The maximum absolute atomic E-state index is 5.54. The SMILES string of the molecule is CCCNCc1nc(C)ccc1OCOCC. The van der Waals surface area contributed by atoms with Crippen LogP contribution in [0.5, 0.6) is 5.75 Å². The Morgan fingerprint density at radius 2 is 2.12 bits per heavy atom. The summed E-state index contributed by atoms with van der Waals surface area (Å²) < 4.78 is 10.7. The second-order valence-corrected chi connectivity index (χ2v) is 3.83. The number of nitrogens with zero attached hydrogens (tertiary/aromatic N) is 1. The van der Waals surface area contributed by atoms with Gasteiger partial charge in [0.05, 0.1) is 5.69 Å². The number of hydrogen-bond acceptors (Lipinski definition) is 4. The lowest BCUT2D eigenvalue weighted by Crippen LogP contribution is -2.16. The molecule has 0 aliphatic carbocycles. The molecule has 0 saturated carbocycles. The fourth-order valence-electron chi connectivity index (χ4n) is 1.43. The van der Waals surface area contributed by atoms with Gasteiger partial charge in [0.25, 0.3) is 0 Å². The summed E-state index contributed by atoms with van der Waals surface area (Å²) >= 11 is 0. The highest BCUT2D eigenvalue weighted by molar-refractivity contribution is 5.29. The summed E-state index contributed by atoms with van der Waals surface area (Å²) in [6, 6.07) is 3.90. The highest BCUT2D eigenvalue weighted by atomic mass is 16.7. The largest absolute Gasteiger partial charge is 0.466 e. The van der Waals surface area contributed by atoms with Crippen molar-refractivity contribution < 1.29 is 9.47 Å². The van der Waals surface area contributed by atoms with Gasteiger partial charge in [0.15, 0.2) is 6.79 Å². The summed E-state index contributed by atoms with van der Waals surface area (Å²) in [5, 5.41) is 3.33. The summed E-state index contributed by atoms with van der Waals surface area (Å²) in [5.41, 5.74) is 1.94. The maximum atomic E-state index is 5.54. The zero-order chi connectivity index (χ0) is 12.5. The maximum Gasteiger partial charge on any atom is 0.189 e. The van der Waals surface area contributed by atoms with Crippen LogP contribution in [0.4, 0.5) is 0 Å². The third-order valence-electron chi connectivity index (χ3n) is 2.29. The van der Waals surface area contributed by atoms with Gasteiger partial charge in [-0.25, -0.2) is 0 Å². The van der Waals surface area contributed by atoms with E-state index in [0.29, 0.717) is 6.61 Å². The molecule has 0 unspecified atom stereocenters. The summed E-state index contributed by atoms with van der Waals surface area (Å²) in [4.78, 5) is 4.48. The molecule has 17 heavy (non-hydrogen) atoms. The van der Waals surface area contributed by atoms with Crippen molar-refractivity contribution in [2.75, 3.05) is 19.9 Å². The molecule has 0 aliphatic rings. The molecule has 0 radical (unpaired) electrons. The minimum atomic E-state index is 0.280. The van der Waals surface area contributed by atoms with E-state index >= 15 is 0 Å². The van der Waals surface area contributed by atoms with E-state index in [-0.39, 0.29) is 6.79 Å². The Morgan fingerprint density at radius 1 is 1.29 bits per heavy atom. The molecule has 0 aliphatic heterocycles. The Kier molecular flexibility index (Phi) is 6.58. The Hall–Kier alpha value is -1.13. The van der Waals surface area contributed by atoms with Crippen LogP contribution in [0.1, 0.15) is 31.7 Å². The van der Waals surface area contributed by atoms with Gasteiger partial charge in [0, 0.05) is 18.8 Å². The zero-order valence-corrected chi connectivity index (χ0v) is 11.0. The number of aryl methyl sites for hydroxylation is 1. The van der Waals surface area contributed by atoms with Crippen molar-refractivity contribution in [3.8, 4) is 5.75 Å². The Labute approximate surface area is 103 Å². The summed E-state index contributed by atoms with van der Waals surface area (Å²) in [6.45, 7) is 8.72. The average Bonchev–Trinajstić information content (AvgIpc) is 2.32. The van der Waals surface area contributed by atoms with Crippen LogP contribution in [0.2, 0.25) is 0 Å². The van der Waals surface area contributed by atoms with E-state index in [0.717, 1.165) is 36.6 Å². The fraction of sp³-hybridized carbons (Fsp3) is 0.615. The molecule has 0 aromatic carbocycles. The van der Waals surface area contributed by atoms with Crippen molar-refractivity contribution in [3.05, 3.63) is 23.5 Å². The predicted molar refractivity (Wildman–Crippen MR) is 68.1 cm³/mol. The van der Waals surface area contributed by atoms with Crippen LogP contribution in [-0.2, 0) is 11.3 Å². The fourth-order valence-corrected chi connectivity index (χ4v) is 1.43. The topological polar surface area (TPSA) is 43.4 Å². The molecule has 1 rings (SSSR count). The lowest BCUT2D eigenvalue weighted by atomic mass is 10.3. The number of rotatable bonds is 8. The van der Waals surface area contributed by atoms with Gasteiger partial charge < -0.3 is 14.8 Å². The van der Waals surface area contributed by atoms with Gasteiger partial charge in [0.2, 0.25) is 0 Å². The number of pyridine rings is 1. The molecule has 1 N–H and O–H groups in total. The Morgan fingerprint density at radius 3 is 2.82 bits per heavy atom. The molecule has 1 aromatic heterocycles. The van der Waals surface area contributed by atoms with Gasteiger partial charge in [-0.1, -0.05) is 6.92 Å². The van der Waals surface area contributed by atoms with Gasteiger partial charge in [-0.05, 0) is 38.9 Å². The molecular formula is C13H22N2O2. The minimum absolute atomic E-state index is 0.280. The molecule has 96 valence electrons. The highest BCUT2D eigenvalue weighted by Crippen LogP contribution is 2.16. The van der Waals surface area contributed by atoms with Crippen molar-refractivity contribution >= 4 is 0 Å². The smallest absolute Gasteiger partial charge is 0.189 e. The second-order valence-electron chi connectivity index (χ2n) is 3.83. The third-order valence-corrected chi connectivity index (χ3v) is 2.29. The van der Waals surface area contributed by atoms with Crippen molar-refractivity contribution in [2.24, 2.45) is 0 Å². The second kappa shape index (κ2) is 8.03. The van der Waals surface area contributed by atoms with E-state index in [1.807, 2.05) is 26.0 Å². The molecule has 0 atom stereocenters. The molecule has 4 nitrogen and oxygen atoms in total. The molecule has 1 aromatic rings. The molecular weight excluding hydrogens is 216 g/mol. The number of nitrogens with one attached hydrogen (secondary N) is 1. The first kappa shape index (κ1) is 13.9. The first-order valence-corrected chi connectivity index (χ1v) is 6.15. The van der Waals surface area contributed by atoms with Crippen LogP contribution in [0, 0.1) is 6.92 Å². The summed E-state index contributed by atoms with van der Waals surface area (Å²) in [5.74, 6) is 0.799. The molecule has 1 heterocycles. The predicted octanol–water partition coefficient (Wildman–Crippen LogP) is 2.26. The van der Waals surface area contributed by atoms with Crippen molar-refractivity contribution in [2.45, 2.75) is 33.7 Å². The van der Waals surface area contributed by atoms with Crippen LogP contribution in [0.3, 0.4) is 0 Å². The Bertz CT molecular complexity index is 329. The number of hydrogen-bond donors (Lipinski definition) is 1. The van der Waals surface area contributed by atoms with Crippen molar-refractivity contribution in [1.82, 2.24) is 10.3 Å². The molecule has 0 bridgehead atoms. The van der Waals surface area contributed by atoms with Gasteiger partial charge in [-0.2, -0.15) is 0 Å². The van der Waals surface area contributed by atoms with Gasteiger partial charge in [-0.15, -0.1) is 0 Å². The standard InChI is InChI=1S/C13H22N2O2/c1-4-8-14-9-12-13(17-10-16-5-2)7-6-11(3)15-12/h6-7,14H,4-5,8-10H2,1-3H3.